The lowest BCUT2D eigenvalue weighted by atomic mass is 9.96. The van der Waals surface area contributed by atoms with Gasteiger partial charge in [0, 0.05) is 31.4 Å². The summed E-state index contributed by atoms with van der Waals surface area (Å²) in [5, 5.41) is 9.00. The smallest absolute Gasteiger partial charge is 0.135 e. The molecular weight excluding hydrogens is 264 g/mol. The minimum absolute atomic E-state index is 0.275. The Balaban J connectivity index is 1.58. The predicted octanol–water partition coefficient (Wildman–Crippen LogP) is 1.11. The highest BCUT2D eigenvalue weighted by molar-refractivity contribution is 5.49. The van der Waals surface area contributed by atoms with Crippen molar-refractivity contribution in [3.8, 4) is 0 Å². The summed E-state index contributed by atoms with van der Waals surface area (Å²) in [7, 11) is 2.17. The Kier molecular flexibility index (Phi) is 4.70. The summed E-state index contributed by atoms with van der Waals surface area (Å²) < 4.78 is 0. The van der Waals surface area contributed by atoms with Crippen LogP contribution >= 0.6 is 0 Å². The van der Waals surface area contributed by atoms with Crippen molar-refractivity contribution < 1.29 is 5.11 Å². The summed E-state index contributed by atoms with van der Waals surface area (Å²) >= 11 is 0. The number of β-amino-alcohol motifs (C(OH)–C–C–N with tert-alkyl or cyclic N) is 1. The van der Waals surface area contributed by atoms with Crippen LogP contribution in [0.5, 0.6) is 0 Å². The zero-order chi connectivity index (χ0) is 14.7. The molecule has 1 aliphatic heterocycles. The van der Waals surface area contributed by atoms with Crippen molar-refractivity contribution in [2.45, 2.75) is 32.1 Å². The number of aliphatic hydroxyl groups is 1. The van der Waals surface area contributed by atoms with Gasteiger partial charge in [0.2, 0.25) is 0 Å². The second-order valence-electron chi connectivity index (χ2n) is 6.37. The molecule has 0 amide bonds. The molecule has 116 valence electrons. The number of rotatable bonds is 5. The van der Waals surface area contributed by atoms with Gasteiger partial charge in [0.1, 0.15) is 12.1 Å². The Hall–Kier alpha value is -1.20. The Morgan fingerprint density at radius 2 is 2.10 bits per heavy atom. The molecular formula is C16H26N4O. The van der Waals surface area contributed by atoms with Gasteiger partial charge in [-0.2, -0.15) is 0 Å². The van der Waals surface area contributed by atoms with E-state index in [1.165, 1.54) is 30.5 Å². The number of aromatic nitrogens is 2. The van der Waals surface area contributed by atoms with Gasteiger partial charge >= 0.3 is 0 Å². The molecule has 1 aromatic rings. The third-order valence-corrected chi connectivity index (χ3v) is 4.87. The van der Waals surface area contributed by atoms with Crippen molar-refractivity contribution in [1.29, 1.82) is 0 Å². The monoisotopic (exact) mass is 290 g/mol. The highest BCUT2D eigenvalue weighted by Gasteiger charge is 2.23. The average molecular weight is 290 g/mol. The zero-order valence-electron chi connectivity index (χ0n) is 13.0. The number of anilines is 1. The fourth-order valence-electron chi connectivity index (χ4n) is 3.68. The highest BCUT2D eigenvalue weighted by atomic mass is 16.3. The summed E-state index contributed by atoms with van der Waals surface area (Å²) in [5.41, 5.74) is 2.63. The lowest BCUT2D eigenvalue weighted by molar-refractivity contribution is 0.149. The van der Waals surface area contributed by atoms with E-state index in [1.54, 1.807) is 6.33 Å². The van der Waals surface area contributed by atoms with Crippen molar-refractivity contribution in [3.63, 3.8) is 0 Å². The third-order valence-electron chi connectivity index (χ3n) is 4.87. The van der Waals surface area contributed by atoms with E-state index < -0.39 is 0 Å². The van der Waals surface area contributed by atoms with E-state index in [0.717, 1.165) is 50.8 Å². The molecule has 0 atom stereocenters. The average Bonchev–Trinajstić information content (AvgIpc) is 2.98. The van der Waals surface area contributed by atoms with Crippen LogP contribution < -0.4 is 4.90 Å². The van der Waals surface area contributed by atoms with Crippen molar-refractivity contribution in [1.82, 2.24) is 14.9 Å². The second-order valence-corrected chi connectivity index (χ2v) is 6.37. The fraction of sp³-hybridized carbons (Fsp3) is 0.750. The van der Waals surface area contributed by atoms with Gasteiger partial charge in [-0.05, 0) is 51.1 Å². The van der Waals surface area contributed by atoms with Gasteiger partial charge in [0.25, 0.3) is 0 Å². The fourth-order valence-corrected chi connectivity index (χ4v) is 3.68. The minimum atomic E-state index is 0.275. The first-order chi connectivity index (χ1) is 10.3. The Morgan fingerprint density at radius 3 is 2.86 bits per heavy atom. The molecule has 0 radical (unpaired) electrons. The minimum Gasteiger partial charge on any atom is -0.395 e. The molecule has 0 unspecified atom stereocenters. The molecule has 0 bridgehead atoms. The van der Waals surface area contributed by atoms with Crippen LogP contribution in [0.1, 0.15) is 30.5 Å². The molecule has 3 rings (SSSR count). The van der Waals surface area contributed by atoms with Gasteiger partial charge < -0.3 is 14.9 Å². The topological polar surface area (TPSA) is 52.5 Å². The summed E-state index contributed by atoms with van der Waals surface area (Å²) in [6, 6.07) is 0. The first kappa shape index (κ1) is 14.7. The number of fused-ring (bicyclic) bond motifs is 1. The molecule has 21 heavy (non-hydrogen) atoms. The summed E-state index contributed by atoms with van der Waals surface area (Å²) in [6.07, 6.45) is 7.62. The van der Waals surface area contributed by atoms with Crippen molar-refractivity contribution >= 4 is 5.82 Å². The van der Waals surface area contributed by atoms with E-state index in [9.17, 15) is 0 Å². The zero-order valence-corrected chi connectivity index (χ0v) is 13.0. The Morgan fingerprint density at radius 1 is 1.29 bits per heavy atom. The number of piperidine rings is 1. The maximum atomic E-state index is 9.00. The van der Waals surface area contributed by atoms with Gasteiger partial charge in [-0.3, -0.25) is 0 Å². The Labute approximate surface area is 127 Å². The van der Waals surface area contributed by atoms with Gasteiger partial charge in [-0.1, -0.05) is 0 Å². The lowest BCUT2D eigenvalue weighted by Gasteiger charge is -2.34. The molecule has 0 saturated carbocycles. The largest absolute Gasteiger partial charge is 0.395 e. The van der Waals surface area contributed by atoms with Crippen LogP contribution in [0.15, 0.2) is 6.33 Å². The molecule has 1 fully saturated rings. The molecule has 1 aliphatic carbocycles. The summed E-state index contributed by atoms with van der Waals surface area (Å²) in [6.45, 7) is 4.40. The number of hydrogen-bond acceptors (Lipinski definition) is 5. The molecule has 1 N–H and O–H groups in total. The molecule has 0 spiro atoms. The van der Waals surface area contributed by atoms with Crippen LogP contribution in [-0.2, 0) is 12.8 Å². The van der Waals surface area contributed by atoms with Crippen LogP contribution in [-0.4, -0.2) is 59.8 Å². The molecule has 2 heterocycles. The maximum absolute atomic E-state index is 9.00. The summed E-state index contributed by atoms with van der Waals surface area (Å²) in [5.74, 6) is 1.88. The SMILES string of the molecule is CN(CC1CCN(CCO)CC1)c1ncnc2c1CCC2. The quantitative estimate of drug-likeness (QED) is 0.880. The molecule has 1 saturated heterocycles. The third kappa shape index (κ3) is 3.35. The van der Waals surface area contributed by atoms with Crippen molar-refractivity contribution in [2.75, 3.05) is 44.7 Å². The van der Waals surface area contributed by atoms with E-state index in [4.69, 9.17) is 5.11 Å². The van der Waals surface area contributed by atoms with E-state index in [2.05, 4.69) is 26.8 Å². The van der Waals surface area contributed by atoms with Crippen LogP contribution in [0, 0.1) is 5.92 Å². The number of aliphatic hydroxyl groups excluding tert-OH is 1. The normalized spacial score (nSPS) is 19.7. The number of nitrogens with zero attached hydrogens (tertiary/aromatic N) is 4. The number of aryl methyl sites for hydroxylation is 1. The van der Waals surface area contributed by atoms with Crippen LogP contribution in [0.2, 0.25) is 0 Å². The molecule has 1 aromatic heterocycles. The van der Waals surface area contributed by atoms with Gasteiger partial charge in [-0.25, -0.2) is 9.97 Å². The highest BCUT2D eigenvalue weighted by Crippen LogP contribution is 2.28. The first-order valence-corrected chi connectivity index (χ1v) is 8.15. The van der Waals surface area contributed by atoms with E-state index >= 15 is 0 Å². The molecule has 5 nitrogen and oxygen atoms in total. The van der Waals surface area contributed by atoms with Crippen LogP contribution in [0.25, 0.3) is 0 Å². The van der Waals surface area contributed by atoms with E-state index in [1.807, 2.05) is 0 Å². The predicted molar refractivity (Wildman–Crippen MR) is 83.6 cm³/mol. The van der Waals surface area contributed by atoms with E-state index in [0.29, 0.717) is 0 Å². The summed E-state index contributed by atoms with van der Waals surface area (Å²) in [4.78, 5) is 13.6. The molecule has 2 aliphatic rings. The number of likely N-dealkylation sites (tertiary alicyclic amines) is 1. The second kappa shape index (κ2) is 6.71. The standard InChI is InChI=1S/C16H26N4O/c1-19(11-13-5-7-20(8-6-13)9-10-21)16-14-3-2-4-15(14)17-12-18-16/h12-13,21H,2-11H2,1H3. The first-order valence-electron chi connectivity index (χ1n) is 8.15. The molecule has 5 heteroatoms. The van der Waals surface area contributed by atoms with Crippen LogP contribution in [0.4, 0.5) is 5.82 Å². The van der Waals surface area contributed by atoms with Crippen molar-refractivity contribution in [3.05, 3.63) is 17.6 Å². The molecule has 0 aromatic carbocycles. The van der Waals surface area contributed by atoms with E-state index in [-0.39, 0.29) is 6.61 Å². The van der Waals surface area contributed by atoms with Crippen LogP contribution in [0.3, 0.4) is 0 Å². The van der Waals surface area contributed by atoms with Gasteiger partial charge in [0.05, 0.1) is 6.61 Å². The number of hydrogen-bond donors (Lipinski definition) is 1. The van der Waals surface area contributed by atoms with Gasteiger partial charge in [0.15, 0.2) is 0 Å². The maximum Gasteiger partial charge on any atom is 0.135 e. The van der Waals surface area contributed by atoms with Crippen molar-refractivity contribution in [2.24, 2.45) is 5.92 Å². The van der Waals surface area contributed by atoms with Gasteiger partial charge in [-0.15, -0.1) is 0 Å². The Bertz CT molecular complexity index is 471. The lowest BCUT2D eigenvalue weighted by Crippen LogP contribution is -2.39.